The molecule has 5 nitrogen and oxygen atoms in total. The van der Waals surface area contributed by atoms with E-state index in [-0.39, 0.29) is 12.1 Å². The fraction of sp³-hybridized carbons (Fsp3) is 0.963. The molecule has 5 heteroatoms. The predicted molar refractivity (Wildman–Crippen MR) is 128 cm³/mol. The maximum Gasteiger partial charge on any atom is 0.305 e. The van der Waals surface area contributed by atoms with Gasteiger partial charge in [0.2, 0.25) is 0 Å². The van der Waals surface area contributed by atoms with Crippen LogP contribution >= 0.6 is 0 Å². The number of ether oxygens (including phenoxy) is 1. The highest BCUT2D eigenvalue weighted by Gasteiger charge is 2.62. The van der Waals surface area contributed by atoms with Crippen LogP contribution in [0.3, 0.4) is 0 Å². The summed E-state index contributed by atoms with van der Waals surface area (Å²) >= 11 is 0. The standard InChI is InChI=1S/C27H48N2O3/c1-17(5-8-24(31)32-4)20-6-7-21-25-22(10-12-27(20,21)3)26(2)11-9-19(29-14-13-28)15-18(26)16-23(25)30/h17-23,25,29-30H,5-16,28H2,1-4H3/t17-,18+,19+,20-,21?,22?,23-,25?,26+,27-/m1/s1. The molecule has 0 aromatic rings. The van der Waals surface area contributed by atoms with Crippen molar-refractivity contribution in [2.24, 2.45) is 52.1 Å². The highest BCUT2D eigenvalue weighted by atomic mass is 16.5. The first-order valence-electron chi connectivity index (χ1n) is 13.4. The van der Waals surface area contributed by atoms with Crippen LogP contribution in [0.1, 0.15) is 85.0 Å². The Labute approximate surface area is 195 Å². The molecule has 32 heavy (non-hydrogen) atoms. The van der Waals surface area contributed by atoms with Crippen molar-refractivity contribution in [1.29, 1.82) is 0 Å². The van der Waals surface area contributed by atoms with E-state index in [1.54, 1.807) is 0 Å². The molecule has 184 valence electrons. The molecule has 0 aromatic heterocycles. The minimum atomic E-state index is -0.153. The fourth-order valence-corrected chi connectivity index (χ4v) is 9.32. The first-order chi connectivity index (χ1) is 15.2. The number of fused-ring (bicyclic) bond motifs is 5. The van der Waals surface area contributed by atoms with Gasteiger partial charge in [0.15, 0.2) is 0 Å². The van der Waals surface area contributed by atoms with Gasteiger partial charge < -0.3 is 20.9 Å². The normalized spacial score (nSPS) is 46.6. The monoisotopic (exact) mass is 448 g/mol. The second kappa shape index (κ2) is 9.54. The van der Waals surface area contributed by atoms with Crippen molar-refractivity contribution >= 4 is 5.97 Å². The lowest BCUT2D eigenvalue weighted by atomic mass is 9.43. The third-order valence-electron chi connectivity index (χ3n) is 11.1. The molecule has 4 saturated carbocycles. The van der Waals surface area contributed by atoms with Crippen molar-refractivity contribution in [3.8, 4) is 0 Å². The summed E-state index contributed by atoms with van der Waals surface area (Å²) in [4.78, 5) is 11.7. The molecule has 0 bridgehead atoms. The summed E-state index contributed by atoms with van der Waals surface area (Å²) in [5, 5.41) is 15.2. The number of carbonyl (C=O) groups is 1. The van der Waals surface area contributed by atoms with Gasteiger partial charge in [0, 0.05) is 25.6 Å². The molecular weight excluding hydrogens is 400 g/mol. The van der Waals surface area contributed by atoms with Crippen molar-refractivity contribution in [3.63, 3.8) is 0 Å². The van der Waals surface area contributed by atoms with E-state index in [4.69, 9.17) is 10.5 Å². The summed E-state index contributed by atoms with van der Waals surface area (Å²) in [6, 6.07) is 0.570. The molecule has 4 N–H and O–H groups in total. The van der Waals surface area contributed by atoms with E-state index < -0.39 is 0 Å². The molecule has 0 heterocycles. The number of nitrogens with one attached hydrogen (secondary N) is 1. The third-order valence-corrected chi connectivity index (χ3v) is 11.1. The van der Waals surface area contributed by atoms with E-state index in [0.717, 1.165) is 19.4 Å². The van der Waals surface area contributed by atoms with Crippen molar-refractivity contribution in [1.82, 2.24) is 5.32 Å². The van der Waals surface area contributed by atoms with E-state index in [1.165, 1.54) is 52.1 Å². The summed E-state index contributed by atoms with van der Waals surface area (Å²) in [5.74, 6) is 3.49. The molecule has 0 saturated heterocycles. The lowest BCUT2D eigenvalue weighted by Gasteiger charge is -2.62. The molecule has 0 aromatic carbocycles. The number of esters is 1. The molecule has 4 aliphatic carbocycles. The maximum atomic E-state index is 11.7. The lowest BCUT2D eigenvalue weighted by Crippen LogP contribution is -2.59. The van der Waals surface area contributed by atoms with E-state index in [2.05, 4.69) is 26.1 Å². The molecule has 0 radical (unpaired) electrons. The quantitative estimate of drug-likeness (QED) is 0.510. The topological polar surface area (TPSA) is 84.6 Å². The lowest BCUT2D eigenvalue weighted by molar-refractivity contribution is -0.167. The van der Waals surface area contributed by atoms with Crippen LogP contribution < -0.4 is 11.1 Å². The number of methoxy groups -OCH3 is 1. The van der Waals surface area contributed by atoms with Crippen LogP contribution in [0.5, 0.6) is 0 Å². The van der Waals surface area contributed by atoms with Gasteiger partial charge >= 0.3 is 5.97 Å². The van der Waals surface area contributed by atoms with Gasteiger partial charge in [-0.25, -0.2) is 0 Å². The predicted octanol–water partition coefficient (Wildman–Crippen LogP) is 4.12. The number of aliphatic hydroxyl groups is 1. The highest BCUT2D eigenvalue weighted by molar-refractivity contribution is 5.69. The molecule has 10 atom stereocenters. The Hall–Kier alpha value is -0.650. The second-order valence-electron chi connectivity index (χ2n) is 12.3. The summed E-state index contributed by atoms with van der Waals surface area (Å²) in [7, 11) is 1.49. The van der Waals surface area contributed by atoms with E-state index >= 15 is 0 Å². The van der Waals surface area contributed by atoms with E-state index in [9.17, 15) is 9.90 Å². The first kappa shape index (κ1) is 24.5. The van der Waals surface area contributed by atoms with E-state index in [0.29, 0.717) is 65.3 Å². The van der Waals surface area contributed by atoms with Crippen LogP contribution in [-0.2, 0) is 9.53 Å². The minimum Gasteiger partial charge on any atom is -0.469 e. The van der Waals surface area contributed by atoms with Crippen molar-refractivity contribution in [2.45, 2.75) is 97.1 Å². The Bertz CT molecular complexity index is 671. The highest BCUT2D eigenvalue weighted by Crippen LogP contribution is 2.68. The summed E-state index contributed by atoms with van der Waals surface area (Å²) in [5.41, 5.74) is 6.40. The third kappa shape index (κ3) is 4.15. The van der Waals surface area contributed by atoms with E-state index in [1.807, 2.05) is 0 Å². The molecule has 4 aliphatic rings. The van der Waals surface area contributed by atoms with Crippen molar-refractivity contribution < 1.29 is 14.6 Å². The summed E-state index contributed by atoms with van der Waals surface area (Å²) < 4.78 is 4.89. The Kier molecular flexibility index (Phi) is 7.30. The largest absolute Gasteiger partial charge is 0.469 e. The maximum absolute atomic E-state index is 11.7. The Morgan fingerprint density at radius 1 is 1.12 bits per heavy atom. The number of nitrogens with two attached hydrogens (primary N) is 1. The fourth-order valence-electron chi connectivity index (χ4n) is 9.32. The average molecular weight is 449 g/mol. The van der Waals surface area contributed by atoms with Crippen LogP contribution in [0, 0.1) is 46.3 Å². The molecule has 0 spiro atoms. The van der Waals surface area contributed by atoms with Gasteiger partial charge in [-0.05, 0) is 104 Å². The minimum absolute atomic E-state index is 0.0847. The van der Waals surface area contributed by atoms with Gasteiger partial charge in [-0.2, -0.15) is 0 Å². The second-order valence-corrected chi connectivity index (χ2v) is 12.3. The SMILES string of the molecule is COC(=O)CC[C@@H](C)[C@H]1CCC2C3C(CC[C@@]21C)[C@@]1(C)CC[C@H](NCCN)C[C@H]1C[C@H]3O. The van der Waals surface area contributed by atoms with Crippen molar-refractivity contribution in [3.05, 3.63) is 0 Å². The van der Waals surface area contributed by atoms with Crippen LogP contribution in [0.2, 0.25) is 0 Å². The molecule has 4 fully saturated rings. The smallest absolute Gasteiger partial charge is 0.305 e. The first-order valence-corrected chi connectivity index (χ1v) is 13.4. The zero-order chi connectivity index (χ0) is 23.1. The van der Waals surface area contributed by atoms with Gasteiger partial charge in [0.25, 0.3) is 0 Å². The molecule has 0 amide bonds. The van der Waals surface area contributed by atoms with Gasteiger partial charge in [-0.3, -0.25) is 4.79 Å². The molecule has 4 rings (SSSR count). The number of hydrogen-bond acceptors (Lipinski definition) is 5. The Balaban J connectivity index is 1.48. The Morgan fingerprint density at radius 2 is 1.84 bits per heavy atom. The number of rotatable bonds is 7. The van der Waals surface area contributed by atoms with Crippen LogP contribution in [0.25, 0.3) is 0 Å². The Morgan fingerprint density at radius 3 is 2.56 bits per heavy atom. The number of aliphatic hydroxyl groups excluding tert-OH is 1. The summed E-state index contributed by atoms with van der Waals surface area (Å²) in [6.07, 6.45) is 11.1. The van der Waals surface area contributed by atoms with Gasteiger partial charge in [0.05, 0.1) is 13.2 Å². The zero-order valence-electron chi connectivity index (χ0n) is 20.9. The molecule has 3 unspecified atom stereocenters. The number of carbonyl (C=O) groups excluding carboxylic acids is 1. The van der Waals surface area contributed by atoms with Gasteiger partial charge in [-0.15, -0.1) is 0 Å². The molecular formula is C27H48N2O3. The number of hydrogen-bond donors (Lipinski definition) is 3. The van der Waals surface area contributed by atoms with Crippen LogP contribution in [0.4, 0.5) is 0 Å². The van der Waals surface area contributed by atoms with Gasteiger partial charge in [0.1, 0.15) is 0 Å². The van der Waals surface area contributed by atoms with Gasteiger partial charge in [-0.1, -0.05) is 20.8 Å². The zero-order valence-corrected chi connectivity index (χ0v) is 20.9. The van der Waals surface area contributed by atoms with Crippen molar-refractivity contribution in [2.75, 3.05) is 20.2 Å². The average Bonchev–Trinajstić information content (AvgIpc) is 3.13. The summed E-state index contributed by atoms with van der Waals surface area (Å²) in [6.45, 7) is 9.03. The van der Waals surface area contributed by atoms with Crippen LogP contribution in [-0.4, -0.2) is 43.4 Å². The van der Waals surface area contributed by atoms with Crippen LogP contribution in [0.15, 0.2) is 0 Å². The molecule has 0 aliphatic heterocycles.